The van der Waals surface area contributed by atoms with Gasteiger partial charge < -0.3 is 10.2 Å². The molecule has 0 aliphatic carbocycles. The number of benzene rings is 3. The number of nitrogens with one attached hydrogen (secondary N) is 1. The number of fused-ring (bicyclic) bond motifs is 1. The molecule has 174 valence electrons. The molecule has 1 aliphatic heterocycles. The molecule has 1 heterocycles. The van der Waals surface area contributed by atoms with E-state index in [9.17, 15) is 22.8 Å². The van der Waals surface area contributed by atoms with Gasteiger partial charge in [0.05, 0.1) is 16.9 Å². The number of alkyl halides is 3. The molecule has 3 aromatic rings. The smallest absolute Gasteiger partial charge is 0.335 e. The van der Waals surface area contributed by atoms with Crippen molar-refractivity contribution in [2.45, 2.75) is 25.7 Å². The zero-order chi connectivity index (χ0) is 24.3. The van der Waals surface area contributed by atoms with Gasteiger partial charge in [-0.25, -0.2) is 0 Å². The van der Waals surface area contributed by atoms with Gasteiger partial charge >= 0.3 is 6.18 Å². The standard InChI is InChI=1S/C25H21F3N4O2/c1-2-32(15-16-7-4-3-5-8-16)24(34)17-11-13-18(14-12-17)30-31-22-19-9-6-10-20(25(26,27)28)21(19)29-23(22)33/h3-14,22H,2,15H2,1H3,(H,29,33)/t22-/m1/s1. The van der Waals surface area contributed by atoms with E-state index in [0.29, 0.717) is 24.3 Å². The first kappa shape index (κ1) is 23.2. The normalized spacial score (nSPS) is 15.3. The molecule has 0 unspecified atom stereocenters. The fourth-order valence-corrected chi connectivity index (χ4v) is 3.73. The van der Waals surface area contributed by atoms with E-state index in [1.165, 1.54) is 12.1 Å². The van der Waals surface area contributed by atoms with Gasteiger partial charge in [0, 0.05) is 24.2 Å². The summed E-state index contributed by atoms with van der Waals surface area (Å²) in [5.41, 5.74) is 0.769. The van der Waals surface area contributed by atoms with Crippen LogP contribution < -0.4 is 5.32 Å². The Labute approximate surface area is 194 Å². The van der Waals surface area contributed by atoms with Crippen LogP contribution in [0, 0.1) is 0 Å². The molecular formula is C25H21F3N4O2. The van der Waals surface area contributed by atoms with Gasteiger partial charge in [-0.1, -0.05) is 42.5 Å². The third-order valence-corrected chi connectivity index (χ3v) is 5.48. The van der Waals surface area contributed by atoms with Crippen LogP contribution in [0.25, 0.3) is 0 Å². The van der Waals surface area contributed by atoms with E-state index in [0.717, 1.165) is 11.6 Å². The van der Waals surface area contributed by atoms with Crippen molar-refractivity contribution in [1.82, 2.24) is 4.90 Å². The SMILES string of the molecule is CCN(Cc1ccccc1)C(=O)c1ccc(N=N[C@H]2C(=O)Nc3c2cccc3C(F)(F)F)cc1. The Kier molecular flexibility index (Phi) is 6.45. The highest BCUT2D eigenvalue weighted by atomic mass is 19.4. The maximum absolute atomic E-state index is 13.2. The molecule has 0 saturated heterocycles. The van der Waals surface area contributed by atoms with Gasteiger partial charge in [0.1, 0.15) is 0 Å². The quantitative estimate of drug-likeness (QED) is 0.443. The highest BCUT2D eigenvalue weighted by molar-refractivity contribution is 6.03. The summed E-state index contributed by atoms with van der Waals surface area (Å²) in [5.74, 6) is -0.819. The fraction of sp³-hybridized carbons (Fsp3) is 0.200. The monoisotopic (exact) mass is 466 g/mol. The summed E-state index contributed by atoms with van der Waals surface area (Å²) in [5, 5.41) is 10.3. The van der Waals surface area contributed by atoms with Crippen molar-refractivity contribution in [3.8, 4) is 0 Å². The Morgan fingerprint density at radius 1 is 1.00 bits per heavy atom. The van der Waals surface area contributed by atoms with Crippen LogP contribution in [0.2, 0.25) is 0 Å². The van der Waals surface area contributed by atoms with Gasteiger partial charge in [0.2, 0.25) is 0 Å². The number of halogens is 3. The van der Waals surface area contributed by atoms with Crippen molar-refractivity contribution < 1.29 is 22.8 Å². The van der Waals surface area contributed by atoms with E-state index in [2.05, 4.69) is 15.5 Å². The van der Waals surface area contributed by atoms with Crippen LogP contribution in [-0.4, -0.2) is 23.3 Å². The Morgan fingerprint density at radius 2 is 1.71 bits per heavy atom. The maximum atomic E-state index is 13.2. The zero-order valence-corrected chi connectivity index (χ0v) is 18.2. The van der Waals surface area contributed by atoms with E-state index in [1.807, 2.05) is 37.3 Å². The molecule has 9 heteroatoms. The van der Waals surface area contributed by atoms with Crippen molar-refractivity contribution in [2.24, 2.45) is 10.2 Å². The molecule has 0 saturated carbocycles. The van der Waals surface area contributed by atoms with Crippen LogP contribution in [0.4, 0.5) is 24.5 Å². The van der Waals surface area contributed by atoms with Crippen molar-refractivity contribution in [2.75, 3.05) is 11.9 Å². The minimum absolute atomic E-state index is 0.120. The summed E-state index contributed by atoms with van der Waals surface area (Å²) in [6, 6.07) is 18.4. The first-order chi connectivity index (χ1) is 16.3. The Balaban J connectivity index is 1.49. The summed E-state index contributed by atoms with van der Waals surface area (Å²) in [7, 11) is 0. The van der Waals surface area contributed by atoms with Crippen LogP contribution >= 0.6 is 0 Å². The molecule has 0 fully saturated rings. The molecule has 0 bridgehead atoms. The fourth-order valence-electron chi connectivity index (χ4n) is 3.73. The Bertz CT molecular complexity index is 1230. The van der Waals surface area contributed by atoms with E-state index >= 15 is 0 Å². The minimum atomic E-state index is -4.60. The van der Waals surface area contributed by atoms with Crippen molar-refractivity contribution in [1.29, 1.82) is 0 Å². The molecule has 1 atom stereocenters. The second kappa shape index (κ2) is 9.46. The first-order valence-corrected chi connectivity index (χ1v) is 10.6. The molecular weight excluding hydrogens is 445 g/mol. The highest BCUT2D eigenvalue weighted by Gasteiger charge is 2.40. The number of carbonyl (C=O) groups is 2. The van der Waals surface area contributed by atoms with Crippen LogP contribution in [-0.2, 0) is 17.5 Å². The lowest BCUT2D eigenvalue weighted by Gasteiger charge is -2.21. The third kappa shape index (κ3) is 4.83. The Hall–Kier alpha value is -4.01. The molecule has 0 spiro atoms. The summed E-state index contributed by atoms with van der Waals surface area (Å²) < 4.78 is 39.7. The van der Waals surface area contributed by atoms with Crippen LogP contribution in [0.15, 0.2) is 83.0 Å². The lowest BCUT2D eigenvalue weighted by atomic mass is 10.0. The number of hydrogen-bond acceptors (Lipinski definition) is 4. The van der Waals surface area contributed by atoms with E-state index in [-0.39, 0.29) is 17.2 Å². The topological polar surface area (TPSA) is 74.1 Å². The molecule has 0 aromatic heterocycles. The minimum Gasteiger partial charge on any atom is -0.335 e. The average Bonchev–Trinajstić information content (AvgIpc) is 3.16. The van der Waals surface area contributed by atoms with Crippen molar-refractivity contribution >= 4 is 23.2 Å². The van der Waals surface area contributed by atoms with Crippen LogP contribution in [0.3, 0.4) is 0 Å². The summed E-state index contributed by atoms with van der Waals surface area (Å²) in [4.78, 5) is 26.8. The predicted octanol–water partition coefficient (Wildman–Crippen LogP) is 6.14. The number of azo groups is 1. The molecule has 3 aromatic carbocycles. The first-order valence-electron chi connectivity index (χ1n) is 10.6. The van der Waals surface area contributed by atoms with Gasteiger partial charge in [-0.3, -0.25) is 9.59 Å². The van der Waals surface area contributed by atoms with E-state index in [1.54, 1.807) is 29.2 Å². The molecule has 2 amide bonds. The number of amides is 2. The second-order valence-electron chi connectivity index (χ2n) is 7.73. The van der Waals surface area contributed by atoms with Gasteiger partial charge in [-0.15, -0.1) is 0 Å². The summed E-state index contributed by atoms with van der Waals surface area (Å²) in [6.07, 6.45) is -4.60. The molecule has 1 N–H and O–H groups in total. The second-order valence-corrected chi connectivity index (χ2v) is 7.73. The number of hydrogen-bond donors (Lipinski definition) is 1. The Morgan fingerprint density at radius 3 is 2.35 bits per heavy atom. The van der Waals surface area contributed by atoms with Crippen molar-refractivity contribution in [3.63, 3.8) is 0 Å². The third-order valence-electron chi connectivity index (χ3n) is 5.48. The van der Waals surface area contributed by atoms with E-state index in [4.69, 9.17) is 0 Å². The number of carbonyl (C=O) groups excluding carboxylic acids is 2. The lowest BCUT2D eigenvalue weighted by molar-refractivity contribution is -0.136. The highest BCUT2D eigenvalue weighted by Crippen LogP contribution is 2.43. The van der Waals surface area contributed by atoms with Gasteiger partial charge in [-0.2, -0.15) is 23.4 Å². The van der Waals surface area contributed by atoms with Gasteiger partial charge in [-0.05, 0) is 42.8 Å². The van der Waals surface area contributed by atoms with Gasteiger partial charge in [0.15, 0.2) is 6.04 Å². The lowest BCUT2D eigenvalue weighted by Crippen LogP contribution is -2.30. The molecule has 6 nitrogen and oxygen atoms in total. The summed E-state index contributed by atoms with van der Waals surface area (Å²) >= 11 is 0. The molecule has 0 radical (unpaired) electrons. The number of rotatable bonds is 6. The zero-order valence-electron chi connectivity index (χ0n) is 18.2. The average molecular weight is 466 g/mol. The van der Waals surface area contributed by atoms with E-state index < -0.39 is 23.7 Å². The largest absolute Gasteiger partial charge is 0.418 e. The summed E-state index contributed by atoms with van der Waals surface area (Å²) in [6.45, 7) is 2.91. The van der Waals surface area contributed by atoms with Gasteiger partial charge in [0.25, 0.3) is 11.8 Å². The molecule has 4 rings (SSSR count). The molecule has 34 heavy (non-hydrogen) atoms. The maximum Gasteiger partial charge on any atom is 0.418 e. The predicted molar refractivity (Wildman–Crippen MR) is 121 cm³/mol. The molecule has 1 aliphatic rings. The van der Waals surface area contributed by atoms with Crippen molar-refractivity contribution in [3.05, 3.63) is 95.1 Å². The van der Waals surface area contributed by atoms with Crippen LogP contribution in [0.5, 0.6) is 0 Å². The number of anilines is 1. The van der Waals surface area contributed by atoms with Crippen LogP contribution in [0.1, 0.15) is 40.0 Å². The number of nitrogens with zero attached hydrogens (tertiary/aromatic N) is 3. The number of para-hydroxylation sites is 1.